The topological polar surface area (TPSA) is 38.5 Å². The highest BCUT2D eigenvalue weighted by atomic mass is 32.1. The van der Waals surface area contributed by atoms with Crippen LogP contribution in [0.3, 0.4) is 0 Å². The van der Waals surface area contributed by atoms with Gasteiger partial charge in [0.1, 0.15) is 5.75 Å². The first-order chi connectivity index (χ1) is 10.4. The van der Waals surface area contributed by atoms with Crippen LogP contribution in [0.1, 0.15) is 22.4 Å². The van der Waals surface area contributed by atoms with Gasteiger partial charge in [-0.3, -0.25) is 4.90 Å². The maximum Gasteiger partial charge on any atom is 0.123 e. The van der Waals surface area contributed by atoms with Gasteiger partial charge >= 0.3 is 0 Å². The highest BCUT2D eigenvalue weighted by molar-refractivity contribution is 7.10. The Morgan fingerprint density at radius 3 is 3.05 bits per heavy atom. The molecule has 0 saturated carbocycles. The minimum atomic E-state index is 0.531. The smallest absolute Gasteiger partial charge is 0.123 e. The Kier molecular flexibility index (Phi) is 4.91. The minimum absolute atomic E-state index is 0.531. The summed E-state index contributed by atoms with van der Waals surface area (Å²) in [7, 11) is 0. The molecule has 112 valence electrons. The molecule has 2 N–H and O–H groups in total. The first kappa shape index (κ1) is 14.6. The normalized spacial score (nSPS) is 14.9. The van der Waals surface area contributed by atoms with Crippen molar-refractivity contribution in [3.05, 3.63) is 51.7 Å². The molecule has 0 bridgehead atoms. The molecule has 3 nitrogen and oxygen atoms in total. The third kappa shape index (κ3) is 3.64. The lowest BCUT2D eigenvalue weighted by molar-refractivity contribution is 0.221. The fourth-order valence-electron chi connectivity index (χ4n) is 2.78. The summed E-state index contributed by atoms with van der Waals surface area (Å²) in [6.45, 7) is 4.65. The van der Waals surface area contributed by atoms with E-state index in [4.69, 9.17) is 10.5 Å². The molecule has 1 aromatic carbocycles. The van der Waals surface area contributed by atoms with Crippen molar-refractivity contribution in [3.63, 3.8) is 0 Å². The monoisotopic (exact) mass is 302 g/mol. The lowest BCUT2D eigenvalue weighted by Crippen LogP contribution is -2.31. The van der Waals surface area contributed by atoms with Crippen molar-refractivity contribution in [1.82, 2.24) is 4.90 Å². The molecule has 0 unspecified atom stereocenters. The number of fused-ring (bicyclic) bond motifs is 1. The van der Waals surface area contributed by atoms with Gasteiger partial charge in [0.25, 0.3) is 0 Å². The van der Waals surface area contributed by atoms with Gasteiger partial charge in [-0.25, -0.2) is 0 Å². The van der Waals surface area contributed by atoms with E-state index in [-0.39, 0.29) is 0 Å². The van der Waals surface area contributed by atoms with Crippen LogP contribution in [0.4, 0.5) is 0 Å². The number of para-hydroxylation sites is 1. The van der Waals surface area contributed by atoms with Crippen LogP contribution in [-0.4, -0.2) is 24.6 Å². The Morgan fingerprint density at radius 1 is 1.24 bits per heavy atom. The molecule has 0 atom stereocenters. The number of nitrogens with zero attached hydrogens (tertiary/aromatic N) is 1. The number of ether oxygens (including phenoxy) is 1. The van der Waals surface area contributed by atoms with Crippen LogP contribution in [0.25, 0.3) is 0 Å². The van der Waals surface area contributed by atoms with E-state index in [9.17, 15) is 0 Å². The summed E-state index contributed by atoms with van der Waals surface area (Å²) in [6.07, 6.45) is 2.25. The first-order valence-corrected chi connectivity index (χ1v) is 8.43. The molecular weight excluding hydrogens is 280 g/mol. The van der Waals surface area contributed by atoms with Crippen LogP contribution in [0.5, 0.6) is 5.75 Å². The molecule has 1 aliphatic heterocycles. The van der Waals surface area contributed by atoms with Crippen LogP contribution < -0.4 is 10.5 Å². The molecule has 1 aliphatic rings. The van der Waals surface area contributed by atoms with Gasteiger partial charge in [0, 0.05) is 36.6 Å². The van der Waals surface area contributed by atoms with E-state index >= 15 is 0 Å². The fourth-order valence-corrected chi connectivity index (χ4v) is 3.67. The van der Waals surface area contributed by atoms with Crippen LogP contribution in [0.2, 0.25) is 0 Å². The average molecular weight is 302 g/mol. The standard InChI is InChI=1S/C17H22N2OS/c18-12-14-4-1-2-5-16(14)20-10-3-8-19-9-6-17-15(13-19)7-11-21-17/h1-2,4-5,7,11H,3,6,8-10,12-13,18H2. The van der Waals surface area contributed by atoms with Crippen molar-refractivity contribution in [2.75, 3.05) is 19.7 Å². The summed E-state index contributed by atoms with van der Waals surface area (Å²) < 4.78 is 5.87. The Balaban J connectivity index is 1.43. The zero-order valence-electron chi connectivity index (χ0n) is 12.3. The predicted molar refractivity (Wildman–Crippen MR) is 87.7 cm³/mol. The van der Waals surface area contributed by atoms with Gasteiger partial charge < -0.3 is 10.5 Å². The second kappa shape index (κ2) is 7.07. The third-order valence-corrected chi connectivity index (χ3v) is 4.98. The maximum absolute atomic E-state index is 5.87. The average Bonchev–Trinajstić information content (AvgIpc) is 2.99. The van der Waals surface area contributed by atoms with Crippen LogP contribution in [0, 0.1) is 0 Å². The quantitative estimate of drug-likeness (QED) is 0.834. The van der Waals surface area contributed by atoms with Crippen molar-refractivity contribution in [3.8, 4) is 5.75 Å². The van der Waals surface area contributed by atoms with E-state index < -0.39 is 0 Å². The van der Waals surface area contributed by atoms with Crippen molar-refractivity contribution in [2.45, 2.75) is 25.9 Å². The molecule has 2 heterocycles. The van der Waals surface area contributed by atoms with E-state index in [1.165, 1.54) is 18.5 Å². The van der Waals surface area contributed by atoms with Gasteiger partial charge in [-0.2, -0.15) is 0 Å². The summed E-state index contributed by atoms with van der Waals surface area (Å²) in [5, 5.41) is 2.21. The second-order valence-electron chi connectivity index (χ2n) is 5.41. The molecular formula is C17H22N2OS. The Bertz CT molecular complexity index is 582. The summed E-state index contributed by atoms with van der Waals surface area (Å²) in [4.78, 5) is 4.09. The molecule has 0 radical (unpaired) electrons. The summed E-state index contributed by atoms with van der Waals surface area (Å²) >= 11 is 1.89. The first-order valence-electron chi connectivity index (χ1n) is 7.55. The Hall–Kier alpha value is -1.36. The van der Waals surface area contributed by atoms with E-state index in [0.29, 0.717) is 6.54 Å². The molecule has 0 amide bonds. The van der Waals surface area contributed by atoms with Gasteiger partial charge in [0.05, 0.1) is 6.61 Å². The molecule has 4 heteroatoms. The van der Waals surface area contributed by atoms with Crippen LogP contribution in [-0.2, 0) is 19.5 Å². The molecule has 0 spiro atoms. The van der Waals surface area contributed by atoms with Crippen molar-refractivity contribution >= 4 is 11.3 Å². The number of thiophene rings is 1. The van der Waals surface area contributed by atoms with Crippen LogP contribution in [0.15, 0.2) is 35.7 Å². The van der Waals surface area contributed by atoms with E-state index in [2.05, 4.69) is 16.3 Å². The summed E-state index contributed by atoms with van der Waals surface area (Å²) in [5.74, 6) is 0.929. The second-order valence-corrected chi connectivity index (χ2v) is 6.41. The van der Waals surface area contributed by atoms with Crippen molar-refractivity contribution in [1.29, 1.82) is 0 Å². The van der Waals surface area contributed by atoms with Crippen molar-refractivity contribution in [2.24, 2.45) is 5.73 Å². The highest BCUT2D eigenvalue weighted by Gasteiger charge is 2.16. The SMILES string of the molecule is NCc1ccccc1OCCCN1CCc2sccc2C1. The number of benzene rings is 1. The van der Waals surface area contributed by atoms with Crippen molar-refractivity contribution < 1.29 is 4.74 Å². The van der Waals surface area contributed by atoms with Gasteiger partial charge in [-0.15, -0.1) is 11.3 Å². The van der Waals surface area contributed by atoms with Gasteiger partial charge in [-0.05, 0) is 35.9 Å². The van der Waals surface area contributed by atoms with Gasteiger partial charge in [0.2, 0.25) is 0 Å². The zero-order valence-corrected chi connectivity index (χ0v) is 13.1. The summed E-state index contributed by atoms with van der Waals surface area (Å²) in [6, 6.07) is 10.3. The molecule has 0 aliphatic carbocycles. The van der Waals surface area contributed by atoms with E-state index in [0.717, 1.165) is 37.4 Å². The highest BCUT2D eigenvalue weighted by Crippen LogP contribution is 2.24. The number of rotatable bonds is 6. The van der Waals surface area contributed by atoms with Gasteiger partial charge in [0.15, 0.2) is 0 Å². The molecule has 0 saturated heterocycles. The van der Waals surface area contributed by atoms with Crippen LogP contribution >= 0.6 is 11.3 Å². The largest absolute Gasteiger partial charge is 0.493 e. The van der Waals surface area contributed by atoms with E-state index in [1.54, 1.807) is 4.88 Å². The number of hydrogen-bond acceptors (Lipinski definition) is 4. The number of hydrogen-bond donors (Lipinski definition) is 1. The molecule has 0 fully saturated rings. The molecule has 21 heavy (non-hydrogen) atoms. The van der Waals surface area contributed by atoms with Gasteiger partial charge in [-0.1, -0.05) is 18.2 Å². The summed E-state index contributed by atoms with van der Waals surface area (Å²) in [5.41, 5.74) is 8.32. The Morgan fingerprint density at radius 2 is 2.14 bits per heavy atom. The predicted octanol–water partition coefficient (Wildman–Crippen LogP) is 3.03. The fraction of sp³-hybridized carbons (Fsp3) is 0.412. The maximum atomic E-state index is 5.87. The van der Waals surface area contributed by atoms with E-state index in [1.807, 2.05) is 35.6 Å². The third-order valence-electron chi connectivity index (χ3n) is 3.96. The molecule has 1 aromatic heterocycles. The molecule has 3 rings (SSSR count). The Labute approximate surface area is 130 Å². The zero-order chi connectivity index (χ0) is 14.5. The molecule has 2 aromatic rings. The lowest BCUT2D eigenvalue weighted by Gasteiger charge is -2.26. The lowest BCUT2D eigenvalue weighted by atomic mass is 10.1. The minimum Gasteiger partial charge on any atom is -0.493 e. The number of nitrogens with two attached hydrogens (primary N) is 1.